The van der Waals surface area contributed by atoms with Crippen molar-refractivity contribution >= 4 is 34.3 Å². The second-order valence-corrected chi connectivity index (χ2v) is 6.40. The summed E-state index contributed by atoms with van der Waals surface area (Å²) in [4.78, 5) is 23.3. The first kappa shape index (κ1) is 17.2. The lowest BCUT2D eigenvalue weighted by molar-refractivity contribution is 0.102. The third-order valence-corrected chi connectivity index (χ3v) is 4.50. The van der Waals surface area contributed by atoms with E-state index >= 15 is 0 Å². The van der Waals surface area contributed by atoms with Gasteiger partial charge < -0.3 is 20.6 Å². The van der Waals surface area contributed by atoms with E-state index in [-0.39, 0.29) is 12.5 Å². The highest BCUT2D eigenvalue weighted by Gasteiger charge is 2.19. The van der Waals surface area contributed by atoms with Crippen LogP contribution in [0.2, 0.25) is 0 Å². The Labute approximate surface area is 155 Å². The van der Waals surface area contributed by atoms with Gasteiger partial charge in [-0.15, -0.1) is 0 Å². The number of pyridine rings is 2. The lowest BCUT2D eigenvalue weighted by Crippen LogP contribution is -2.18. The number of aliphatic hydroxyl groups is 1. The number of nitrogens with zero attached hydrogens (tertiary/aromatic N) is 4. The first-order chi connectivity index (χ1) is 13.2. The Hall–Kier alpha value is -3.20. The number of aliphatic hydroxyl groups excluding tert-OH is 1. The molecular formula is C18H21N7O2. The van der Waals surface area contributed by atoms with Gasteiger partial charge in [-0.3, -0.25) is 9.89 Å². The largest absolute Gasteiger partial charge is 0.395 e. The third kappa shape index (κ3) is 3.68. The van der Waals surface area contributed by atoms with Crippen molar-refractivity contribution in [1.29, 1.82) is 0 Å². The Morgan fingerprint density at radius 1 is 1.22 bits per heavy atom. The number of carbonyl (C=O) groups is 1. The normalized spacial score (nSPS) is 13.9. The molecule has 9 nitrogen and oxygen atoms in total. The minimum absolute atomic E-state index is 0.0308. The van der Waals surface area contributed by atoms with Gasteiger partial charge in [0, 0.05) is 25.8 Å². The zero-order chi connectivity index (χ0) is 18.6. The maximum atomic E-state index is 12.6. The lowest BCUT2D eigenvalue weighted by Gasteiger charge is -2.14. The minimum Gasteiger partial charge on any atom is -0.395 e. The molecule has 0 radical (unpaired) electrons. The molecule has 9 heteroatoms. The fourth-order valence-corrected chi connectivity index (χ4v) is 3.14. The highest BCUT2D eigenvalue weighted by molar-refractivity contribution is 6.06. The zero-order valence-electron chi connectivity index (χ0n) is 14.8. The number of amides is 1. The summed E-state index contributed by atoms with van der Waals surface area (Å²) in [5.41, 5.74) is 1.72. The number of aromatic nitrogens is 4. The summed E-state index contributed by atoms with van der Waals surface area (Å²) in [6.45, 7) is 2.40. The highest BCUT2D eigenvalue weighted by atomic mass is 16.3. The molecule has 27 heavy (non-hydrogen) atoms. The molecule has 1 saturated heterocycles. The number of rotatable bonds is 6. The number of hydrogen-bond acceptors (Lipinski definition) is 7. The Morgan fingerprint density at radius 3 is 2.81 bits per heavy atom. The Morgan fingerprint density at radius 2 is 2.07 bits per heavy atom. The molecule has 0 atom stereocenters. The molecule has 1 aliphatic heterocycles. The number of fused-ring (bicyclic) bond motifs is 1. The first-order valence-corrected chi connectivity index (χ1v) is 8.96. The molecule has 4 rings (SSSR count). The predicted molar refractivity (Wildman–Crippen MR) is 103 cm³/mol. The van der Waals surface area contributed by atoms with Crippen LogP contribution in [0.25, 0.3) is 11.0 Å². The van der Waals surface area contributed by atoms with E-state index in [0.29, 0.717) is 29.3 Å². The van der Waals surface area contributed by atoms with E-state index in [4.69, 9.17) is 5.11 Å². The molecule has 0 saturated carbocycles. The summed E-state index contributed by atoms with van der Waals surface area (Å²) in [6.07, 6.45) is 5.40. The van der Waals surface area contributed by atoms with Gasteiger partial charge >= 0.3 is 0 Å². The van der Waals surface area contributed by atoms with Gasteiger partial charge in [0.05, 0.1) is 29.4 Å². The van der Waals surface area contributed by atoms with E-state index in [1.807, 2.05) is 6.07 Å². The molecule has 0 unspecified atom stereocenters. The van der Waals surface area contributed by atoms with Crippen LogP contribution in [0.15, 0.2) is 30.6 Å². The van der Waals surface area contributed by atoms with E-state index in [0.717, 1.165) is 37.1 Å². The second-order valence-electron chi connectivity index (χ2n) is 6.40. The maximum absolute atomic E-state index is 12.6. The highest BCUT2D eigenvalue weighted by Crippen LogP contribution is 2.26. The van der Waals surface area contributed by atoms with Crippen LogP contribution in [-0.2, 0) is 0 Å². The van der Waals surface area contributed by atoms with Gasteiger partial charge in [0.2, 0.25) is 0 Å². The fourth-order valence-electron chi connectivity index (χ4n) is 3.14. The number of anilines is 3. The summed E-state index contributed by atoms with van der Waals surface area (Å²) in [5, 5.41) is 22.8. The van der Waals surface area contributed by atoms with E-state index in [9.17, 15) is 4.79 Å². The van der Waals surface area contributed by atoms with E-state index in [1.54, 1.807) is 18.3 Å². The van der Waals surface area contributed by atoms with Gasteiger partial charge in [-0.05, 0) is 31.0 Å². The van der Waals surface area contributed by atoms with Crippen LogP contribution in [0.3, 0.4) is 0 Å². The van der Waals surface area contributed by atoms with Crippen LogP contribution < -0.4 is 15.5 Å². The van der Waals surface area contributed by atoms with Crippen LogP contribution in [-0.4, -0.2) is 57.4 Å². The molecule has 1 amide bonds. The molecule has 1 fully saturated rings. The Balaban J connectivity index is 1.51. The molecule has 140 valence electrons. The molecular weight excluding hydrogens is 346 g/mol. The predicted octanol–water partition coefficient (Wildman–Crippen LogP) is 1.61. The van der Waals surface area contributed by atoms with Crippen molar-refractivity contribution in [2.24, 2.45) is 0 Å². The quantitative estimate of drug-likeness (QED) is 0.522. The van der Waals surface area contributed by atoms with Gasteiger partial charge in [0.25, 0.3) is 5.91 Å². The average Bonchev–Trinajstić information content (AvgIpc) is 3.36. The van der Waals surface area contributed by atoms with Crippen LogP contribution >= 0.6 is 0 Å². The van der Waals surface area contributed by atoms with Gasteiger partial charge in [-0.1, -0.05) is 0 Å². The van der Waals surface area contributed by atoms with Crippen molar-refractivity contribution in [3.05, 3.63) is 36.2 Å². The lowest BCUT2D eigenvalue weighted by atomic mass is 10.2. The molecule has 4 heterocycles. The van der Waals surface area contributed by atoms with Crippen LogP contribution in [0.4, 0.5) is 17.3 Å². The maximum Gasteiger partial charge on any atom is 0.257 e. The number of nitrogens with one attached hydrogen (secondary N) is 3. The van der Waals surface area contributed by atoms with Crippen molar-refractivity contribution < 1.29 is 9.90 Å². The average molecular weight is 367 g/mol. The van der Waals surface area contributed by atoms with E-state index < -0.39 is 0 Å². The molecule has 0 spiro atoms. The van der Waals surface area contributed by atoms with Crippen molar-refractivity contribution in [3.8, 4) is 0 Å². The number of carbonyl (C=O) groups excluding carboxylic acids is 1. The minimum atomic E-state index is -0.254. The molecule has 1 aliphatic rings. The Bertz CT molecular complexity index is 933. The van der Waals surface area contributed by atoms with Crippen LogP contribution in [0.1, 0.15) is 23.2 Å². The van der Waals surface area contributed by atoms with E-state index in [1.165, 1.54) is 6.20 Å². The smallest absolute Gasteiger partial charge is 0.257 e. The first-order valence-electron chi connectivity index (χ1n) is 8.96. The third-order valence-electron chi connectivity index (χ3n) is 4.50. The molecule has 3 aromatic rings. The Kier molecular flexibility index (Phi) is 4.84. The number of aromatic amines is 1. The van der Waals surface area contributed by atoms with Gasteiger partial charge in [0.15, 0.2) is 11.5 Å². The van der Waals surface area contributed by atoms with Crippen LogP contribution in [0, 0.1) is 0 Å². The summed E-state index contributed by atoms with van der Waals surface area (Å²) in [5.74, 6) is 1.24. The van der Waals surface area contributed by atoms with Crippen LogP contribution in [0.5, 0.6) is 0 Å². The van der Waals surface area contributed by atoms with Crippen molar-refractivity contribution in [2.45, 2.75) is 12.8 Å². The van der Waals surface area contributed by atoms with Crippen molar-refractivity contribution in [2.75, 3.05) is 41.8 Å². The second kappa shape index (κ2) is 7.58. The SMILES string of the molecule is O=C(Nc1ccc(NCCO)nc1)c1cnc2[nH]nc(N3CCCC3)c2c1. The van der Waals surface area contributed by atoms with Gasteiger partial charge in [0.1, 0.15) is 5.82 Å². The number of hydrogen-bond donors (Lipinski definition) is 4. The fraction of sp³-hybridized carbons (Fsp3) is 0.333. The van der Waals surface area contributed by atoms with E-state index in [2.05, 4.69) is 35.7 Å². The standard InChI is InChI=1S/C18H21N7O2/c26-8-5-19-15-4-3-13(11-20-15)22-18(27)12-9-14-16(21-10-12)23-24-17(14)25-6-1-2-7-25/h3-4,9-11,26H,1-2,5-8H2,(H,19,20)(H,22,27)(H,21,23,24). The van der Waals surface area contributed by atoms with Crippen molar-refractivity contribution in [3.63, 3.8) is 0 Å². The summed E-state index contributed by atoms with van der Waals surface area (Å²) in [6, 6.07) is 5.32. The molecule has 4 N–H and O–H groups in total. The topological polar surface area (TPSA) is 119 Å². The summed E-state index contributed by atoms with van der Waals surface area (Å²) >= 11 is 0. The molecule has 0 aromatic carbocycles. The monoisotopic (exact) mass is 367 g/mol. The molecule has 3 aromatic heterocycles. The summed E-state index contributed by atoms with van der Waals surface area (Å²) in [7, 11) is 0. The zero-order valence-corrected chi connectivity index (χ0v) is 14.8. The van der Waals surface area contributed by atoms with Gasteiger partial charge in [-0.25, -0.2) is 9.97 Å². The summed E-state index contributed by atoms with van der Waals surface area (Å²) < 4.78 is 0. The van der Waals surface area contributed by atoms with Crippen molar-refractivity contribution in [1.82, 2.24) is 20.2 Å². The number of H-pyrrole nitrogens is 1. The molecule has 0 aliphatic carbocycles. The van der Waals surface area contributed by atoms with Gasteiger partial charge in [-0.2, -0.15) is 5.10 Å². The molecule has 0 bridgehead atoms.